The van der Waals surface area contributed by atoms with Crippen molar-refractivity contribution >= 4 is 33.2 Å². The molecule has 8 nitrogen and oxygen atoms in total. The highest BCUT2D eigenvalue weighted by molar-refractivity contribution is 7.91. The zero-order valence-corrected chi connectivity index (χ0v) is 14.6. The van der Waals surface area contributed by atoms with Crippen molar-refractivity contribution in [3.05, 3.63) is 42.5 Å². The topological polar surface area (TPSA) is 97.0 Å². The molecule has 26 heavy (non-hydrogen) atoms. The van der Waals surface area contributed by atoms with Gasteiger partial charge in [0.15, 0.2) is 15.5 Å². The van der Waals surface area contributed by atoms with Gasteiger partial charge in [0.05, 0.1) is 17.2 Å². The fraction of sp³-hybridized carbons (Fsp3) is 0.235. The molecule has 0 atom stereocenters. The molecule has 0 radical (unpaired) electrons. The molecule has 1 fully saturated rings. The Balaban J connectivity index is 1.65. The first-order valence-corrected chi connectivity index (χ1v) is 9.87. The van der Waals surface area contributed by atoms with Crippen LogP contribution in [0.1, 0.15) is 0 Å². The molecule has 0 saturated carbocycles. The van der Waals surface area contributed by atoms with Gasteiger partial charge in [0.25, 0.3) is 5.95 Å². The largest absolute Gasteiger partial charge is 0.369 e. The van der Waals surface area contributed by atoms with Gasteiger partial charge >= 0.3 is 0 Å². The summed E-state index contributed by atoms with van der Waals surface area (Å²) in [6.45, 7) is 1.01. The summed E-state index contributed by atoms with van der Waals surface area (Å²) in [6.07, 6.45) is 1.44. The number of aliphatic imine (C=N–C) groups is 1. The van der Waals surface area contributed by atoms with E-state index < -0.39 is 9.84 Å². The van der Waals surface area contributed by atoms with Gasteiger partial charge in [0.2, 0.25) is 6.08 Å². The molecule has 0 aliphatic carbocycles. The summed E-state index contributed by atoms with van der Waals surface area (Å²) in [5, 5.41) is 4.21. The third-order valence-corrected chi connectivity index (χ3v) is 5.98. The summed E-state index contributed by atoms with van der Waals surface area (Å²) >= 11 is 0. The zero-order valence-electron chi connectivity index (χ0n) is 13.7. The van der Waals surface area contributed by atoms with Gasteiger partial charge < -0.3 is 4.90 Å². The summed E-state index contributed by atoms with van der Waals surface area (Å²) in [7, 11) is -2.90. The third kappa shape index (κ3) is 3.10. The lowest BCUT2D eigenvalue weighted by Crippen LogP contribution is -2.40. The number of rotatable bonds is 3. The maximum absolute atomic E-state index is 11.6. The summed E-state index contributed by atoms with van der Waals surface area (Å²) in [5.74, 6) is 0.443. The van der Waals surface area contributed by atoms with Gasteiger partial charge in [0, 0.05) is 24.3 Å². The highest BCUT2D eigenvalue weighted by atomic mass is 32.2. The van der Waals surface area contributed by atoms with E-state index in [-0.39, 0.29) is 17.5 Å². The van der Waals surface area contributed by atoms with Crippen LogP contribution in [0.5, 0.6) is 0 Å². The predicted molar refractivity (Wildman–Crippen MR) is 97.1 cm³/mol. The average Bonchev–Trinajstić information content (AvgIpc) is 3.05. The first-order valence-electron chi connectivity index (χ1n) is 8.05. The number of pyridine rings is 1. The number of carbonyl (C=O) groups excluding carboxylic acids is 1. The van der Waals surface area contributed by atoms with Gasteiger partial charge in [0.1, 0.15) is 0 Å². The van der Waals surface area contributed by atoms with Gasteiger partial charge in [-0.2, -0.15) is 4.98 Å². The molecule has 1 saturated heterocycles. The van der Waals surface area contributed by atoms with E-state index in [1.165, 1.54) is 6.08 Å². The SMILES string of the molecule is O=C=Nc1nc2cccc(-c3ccc(N4CCS(=O)(=O)CC4)cc3)n2n1. The van der Waals surface area contributed by atoms with Crippen molar-refractivity contribution in [3.8, 4) is 11.3 Å². The summed E-state index contributed by atoms with van der Waals surface area (Å²) in [6, 6.07) is 13.4. The highest BCUT2D eigenvalue weighted by Crippen LogP contribution is 2.25. The van der Waals surface area contributed by atoms with Crippen molar-refractivity contribution in [2.45, 2.75) is 0 Å². The third-order valence-electron chi connectivity index (χ3n) is 4.37. The van der Waals surface area contributed by atoms with Crippen LogP contribution in [0.25, 0.3) is 16.9 Å². The number of benzene rings is 1. The van der Waals surface area contributed by atoms with Crippen molar-refractivity contribution in [1.29, 1.82) is 0 Å². The molecule has 4 rings (SSSR count). The molecule has 1 aromatic carbocycles. The van der Waals surface area contributed by atoms with Crippen LogP contribution in [0.4, 0.5) is 11.6 Å². The molecular weight excluding hydrogens is 354 g/mol. The molecule has 3 aromatic rings. The second-order valence-electron chi connectivity index (χ2n) is 5.98. The molecule has 2 aromatic heterocycles. The Labute approximate surface area is 149 Å². The van der Waals surface area contributed by atoms with Crippen molar-refractivity contribution < 1.29 is 13.2 Å². The Bertz CT molecular complexity index is 1100. The number of fused-ring (bicyclic) bond motifs is 1. The lowest BCUT2D eigenvalue weighted by atomic mass is 10.1. The van der Waals surface area contributed by atoms with Crippen LogP contribution >= 0.6 is 0 Å². The monoisotopic (exact) mass is 369 g/mol. The van der Waals surface area contributed by atoms with E-state index in [4.69, 9.17) is 0 Å². The molecular formula is C17H15N5O3S. The van der Waals surface area contributed by atoms with Crippen LogP contribution in [0.15, 0.2) is 47.5 Å². The molecule has 0 unspecified atom stereocenters. The van der Waals surface area contributed by atoms with E-state index in [1.54, 1.807) is 10.6 Å². The minimum Gasteiger partial charge on any atom is -0.369 e. The number of hydrogen-bond acceptors (Lipinski definition) is 7. The van der Waals surface area contributed by atoms with Gasteiger partial charge in [-0.05, 0) is 24.3 Å². The number of isocyanates is 1. The van der Waals surface area contributed by atoms with Gasteiger partial charge in [-0.25, -0.2) is 17.7 Å². The predicted octanol–water partition coefficient (Wildman–Crippen LogP) is 1.60. The van der Waals surface area contributed by atoms with E-state index in [2.05, 4.69) is 20.0 Å². The number of sulfone groups is 1. The molecule has 1 aliphatic heterocycles. The summed E-state index contributed by atoms with van der Waals surface area (Å²) in [4.78, 5) is 20.1. The maximum atomic E-state index is 11.6. The Kier molecular flexibility index (Phi) is 4.02. The van der Waals surface area contributed by atoms with Crippen LogP contribution < -0.4 is 4.90 Å². The van der Waals surface area contributed by atoms with Crippen molar-refractivity contribution in [2.24, 2.45) is 4.99 Å². The highest BCUT2D eigenvalue weighted by Gasteiger charge is 2.21. The van der Waals surface area contributed by atoms with E-state index in [9.17, 15) is 13.2 Å². The fourth-order valence-electron chi connectivity index (χ4n) is 3.01. The number of anilines is 1. The standard InChI is InChI=1S/C17H15N5O3S/c23-12-18-17-19-16-3-1-2-15(22(16)20-17)13-4-6-14(7-5-13)21-8-10-26(24,25)11-9-21/h1-7H,8-11H2. The number of nitrogens with zero attached hydrogens (tertiary/aromatic N) is 5. The normalized spacial score (nSPS) is 16.4. The molecule has 0 spiro atoms. The van der Waals surface area contributed by atoms with Crippen LogP contribution in [0.2, 0.25) is 0 Å². The van der Waals surface area contributed by atoms with Gasteiger partial charge in [-0.3, -0.25) is 0 Å². The van der Waals surface area contributed by atoms with Crippen molar-refractivity contribution in [3.63, 3.8) is 0 Å². The summed E-state index contributed by atoms with van der Waals surface area (Å²) in [5.41, 5.74) is 3.31. The van der Waals surface area contributed by atoms with E-state index in [0.717, 1.165) is 16.9 Å². The van der Waals surface area contributed by atoms with E-state index >= 15 is 0 Å². The molecule has 132 valence electrons. The molecule has 0 bridgehead atoms. The minimum absolute atomic E-state index is 0.0681. The first kappa shape index (κ1) is 16.4. The fourth-order valence-corrected chi connectivity index (χ4v) is 4.22. The molecule has 9 heteroatoms. The minimum atomic E-state index is -2.90. The molecule has 1 aliphatic rings. The van der Waals surface area contributed by atoms with Crippen LogP contribution in [0, 0.1) is 0 Å². The second kappa shape index (κ2) is 6.36. The van der Waals surface area contributed by atoms with Crippen LogP contribution in [-0.2, 0) is 14.6 Å². The van der Waals surface area contributed by atoms with Gasteiger partial charge in [-0.1, -0.05) is 18.2 Å². The van der Waals surface area contributed by atoms with E-state index in [1.807, 2.05) is 36.4 Å². The molecule has 3 heterocycles. The zero-order chi connectivity index (χ0) is 18.1. The second-order valence-corrected chi connectivity index (χ2v) is 8.29. The van der Waals surface area contributed by atoms with Crippen LogP contribution in [0.3, 0.4) is 0 Å². The molecule has 0 amide bonds. The lowest BCUT2D eigenvalue weighted by Gasteiger charge is -2.28. The Morgan fingerprint density at radius 3 is 2.46 bits per heavy atom. The van der Waals surface area contributed by atoms with Crippen molar-refractivity contribution in [2.75, 3.05) is 29.5 Å². The quantitative estimate of drug-likeness (QED) is 0.514. The first-order chi connectivity index (χ1) is 12.6. The van der Waals surface area contributed by atoms with Crippen molar-refractivity contribution in [1.82, 2.24) is 14.6 Å². The average molecular weight is 369 g/mol. The Morgan fingerprint density at radius 2 is 1.77 bits per heavy atom. The maximum Gasteiger partial charge on any atom is 0.280 e. The molecule has 0 N–H and O–H groups in total. The Morgan fingerprint density at radius 1 is 1.04 bits per heavy atom. The van der Waals surface area contributed by atoms with Gasteiger partial charge in [-0.15, -0.1) is 10.1 Å². The Hall–Kier alpha value is -3.03. The summed E-state index contributed by atoms with van der Waals surface area (Å²) < 4.78 is 24.8. The van der Waals surface area contributed by atoms with Crippen LogP contribution in [-0.4, -0.2) is 53.7 Å². The number of hydrogen-bond donors (Lipinski definition) is 0. The van der Waals surface area contributed by atoms with E-state index in [0.29, 0.717) is 18.7 Å². The lowest BCUT2D eigenvalue weighted by molar-refractivity contribution is 0.565. The number of aromatic nitrogens is 3. The smallest absolute Gasteiger partial charge is 0.280 e.